The SMILES string of the molecule is Cc1c([C@@H](C)NC(=O)[C@H]2[C@@H](C(=O)O)[C@H]3C=C[C@H]2C3)cnn1C. The lowest BCUT2D eigenvalue weighted by molar-refractivity contribution is -0.148. The van der Waals surface area contributed by atoms with Crippen molar-refractivity contribution >= 4 is 11.9 Å². The predicted octanol–water partition coefficient (Wildman–Crippen LogP) is 1.43. The number of hydrogen-bond donors (Lipinski definition) is 2. The number of carbonyl (C=O) groups is 2. The van der Waals surface area contributed by atoms with Gasteiger partial charge in [0, 0.05) is 18.3 Å². The Morgan fingerprint density at radius 3 is 2.55 bits per heavy atom. The van der Waals surface area contributed by atoms with Gasteiger partial charge in [0.2, 0.25) is 5.91 Å². The van der Waals surface area contributed by atoms with Crippen molar-refractivity contribution < 1.29 is 14.7 Å². The van der Waals surface area contributed by atoms with Gasteiger partial charge in [-0.05, 0) is 32.1 Å². The molecule has 1 fully saturated rings. The zero-order valence-electron chi connectivity index (χ0n) is 13.0. The second-order valence-corrected chi connectivity index (χ2v) is 6.38. The fourth-order valence-corrected chi connectivity index (χ4v) is 3.84. The predicted molar refractivity (Wildman–Crippen MR) is 79.9 cm³/mol. The fourth-order valence-electron chi connectivity index (χ4n) is 3.84. The van der Waals surface area contributed by atoms with Crippen LogP contribution in [0.5, 0.6) is 0 Å². The van der Waals surface area contributed by atoms with Crippen LogP contribution in [0, 0.1) is 30.6 Å². The molecular weight excluding hydrogens is 282 g/mol. The summed E-state index contributed by atoms with van der Waals surface area (Å²) in [4.78, 5) is 24.1. The van der Waals surface area contributed by atoms with Crippen molar-refractivity contribution in [1.29, 1.82) is 0 Å². The van der Waals surface area contributed by atoms with Crippen LogP contribution in [0.15, 0.2) is 18.3 Å². The number of allylic oxidation sites excluding steroid dienone is 2. The van der Waals surface area contributed by atoms with E-state index in [1.165, 1.54) is 0 Å². The van der Waals surface area contributed by atoms with E-state index in [2.05, 4.69) is 10.4 Å². The van der Waals surface area contributed by atoms with Crippen LogP contribution in [0.4, 0.5) is 0 Å². The van der Waals surface area contributed by atoms with Crippen molar-refractivity contribution in [2.75, 3.05) is 0 Å². The van der Waals surface area contributed by atoms with E-state index < -0.39 is 17.8 Å². The molecule has 0 spiro atoms. The molecule has 0 unspecified atom stereocenters. The average molecular weight is 303 g/mol. The molecule has 2 N–H and O–H groups in total. The van der Waals surface area contributed by atoms with Crippen LogP contribution in [0.2, 0.25) is 0 Å². The van der Waals surface area contributed by atoms with E-state index >= 15 is 0 Å². The van der Waals surface area contributed by atoms with Gasteiger partial charge in [0.25, 0.3) is 0 Å². The first-order chi connectivity index (χ1) is 10.4. The number of carboxylic acid groups (broad SMARTS) is 1. The van der Waals surface area contributed by atoms with Crippen LogP contribution in [-0.2, 0) is 16.6 Å². The summed E-state index contributed by atoms with van der Waals surface area (Å²) in [6.45, 7) is 3.85. The number of nitrogens with one attached hydrogen (secondary N) is 1. The Morgan fingerprint density at radius 2 is 2.00 bits per heavy atom. The Hall–Kier alpha value is -2.11. The second kappa shape index (κ2) is 5.26. The average Bonchev–Trinajstić information content (AvgIpc) is 3.14. The summed E-state index contributed by atoms with van der Waals surface area (Å²) < 4.78 is 1.76. The highest BCUT2D eigenvalue weighted by Crippen LogP contribution is 2.48. The second-order valence-electron chi connectivity index (χ2n) is 6.38. The van der Waals surface area contributed by atoms with Crippen molar-refractivity contribution in [1.82, 2.24) is 15.1 Å². The molecule has 1 heterocycles. The third kappa shape index (κ3) is 2.23. The Kier molecular flexibility index (Phi) is 3.54. The number of rotatable bonds is 4. The van der Waals surface area contributed by atoms with Crippen LogP contribution < -0.4 is 5.32 Å². The maximum absolute atomic E-state index is 12.6. The van der Waals surface area contributed by atoms with Crippen LogP contribution in [0.1, 0.15) is 30.6 Å². The van der Waals surface area contributed by atoms with Gasteiger partial charge in [0.15, 0.2) is 0 Å². The molecule has 1 saturated carbocycles. The number of aliphatic carboxylic acids is 1. The fraction of sp³-hybridized carbons (Fsp3) is 0.562. The number of amides is 1. The Morgan fingerprint density at radius 1 is 1.36 bits per heavy atom. The number of aromatic nitrogens is 2. The van der Waals surface area contributed by atoms with Gasteiger partial charge >= 0.3 is 5.97 Å². The van der Waals surface area contributed by atoms with E-state index in [1.807, 2.05) is 33.0 Å². The molecule has 2 aliphatic rings. The molecule has 6 heteroatoms. The van der Waals surface area contributed by atoms with Crippen molar-refractivity contribution in [3.63, 3.8) is 0 Å². The minimum atomic E-state index is -0.873. The molecule has 0 saturated heterocycles. The Bertz CT molecular complexity index is 649. The van der Waals surface area contributed by atoms with Gasteiger partial charge in [-0.15, -0.1) is 0 Å². The molecule has 2 aliphatic carbocycles. The van der Waals surface area contributed by atoms with Crippen molar-refractivity contribution in [2.24, 2.45) is 30.7 Å². The molecular formula is C16H21N3O3. The molecule has 0 aliphatic heterocycles. The van der Waals surface area contributed by atoms with E-state index in [0.29, 0.717) is 0 Å². The lowest BCUT2D eigenvalue weighted by atomic mass is 9.82. The molecule has 5 atom stereocenters. The first-order valence-corrected chi connectivity index (χ1v) is 7.60. The summed E-state index contributed by atoms with van der Waals surface area (Å²) in [5.41, 5.74) is 1.96. The van der Waals surface area contributed by atoms with Crippen molar-refractivity contribution in [2.45, 2.75) is 26.3 Å². The zero-order valence-corrected chi connectivity index (χ0v) is 13.0. The summed E-state index contributed by atoms with van der Waals surface area (Å²) in [6, 6.07) is -0.182. The van der Waals surface area contributed by atoms with E-state index in [0.717, 1.165) is 17.7 Å². The lowest BCUT2D eigenvalue weighted by Gasteiger charge is -2.25. The van der Waals surface area contributed by atoms with Gasteiger partial charge < -0.3 is 10.4 Å². The molecule has 0 radical (unpaired) electrons. The molecule has 22 heavy (non-hydrogen) atoms. The zero-order chi connectivity index (χ0) is 16.0. The molecule has 2 bridgehead atoms. The maximum Gasteiger partial charge on any atom is 0.307 e. The molecule has 1 aromatic heterocycles. The number of nitrogens with zero attached hydrogens (tertiary/aromatic N) is 2. The van der Waals surface area contributed by atoms with Gasteiger partial charge in [0.1, 0.15) is 0 Å². The number of carboxylic acids is 1. The van der Waals surface area contributed by atoms with Gasteiger partial charge in [0.05, 0.1) is 24.1 Å². The van der Waals surface area contributed by atoms with E-state index in [9.17, 15) is 14.7 Å². The van der Waals surface area contributed by atoms with E-state index in [-0.39, 0.29) is 23.8 Å². The van der Waals surface area contributed by atoms with Crippen LogP contribution >= 0.6 is 0 Å². The van der Waals surface area contributed by atoms with Gasteiger partial charge in [-0.25, -0.2) is 0 Å². The maximum atomic E-state index is 12.6. The lowest BCUT2D eigenvalue weighted by Crippen LogP contribution is -2.41. The van der Waals surface area contributed by atoms with Crippen molar-refractivity contribution in [3.05, 3.63) is 29.6 Å². The summed E-state index contributed by atoms with van der Waals surface area (Å²) in [7, 11) is 1.86. The number of hydrogen-bond acceptors (Lipinski definition) is 3. The third-order valence-electron chi connectivity index (χ3n) is 5.15. The first-order valence-electron chi connectivity index (χ1n) is 7.60. The highest BCUT2D eigenvalue weighted by Gasteiger charge is 2.51. The van der Waals surface area contributed by atoms with Crippen LogP contribution in [-0.4, -0.2) is 26.8 Å². The summed E-state index contributed by atoms with van der Waals surface area (Å²) in [6.07, 6.45) is 6.46. The molecule has 0 aromatic carbocycles. The molecule has 118 valence electrons. The summed E-state index contributed by atoms with van der Waals surface area (Å²) in [5.74, 6) is -2.06. The summed E-state index contributed by atoms with van der Waals surface area (Å²) in [5, 5.41) is 16.6. The molecule has 3 rings (SSSR count). The standard InChI is InChI=1S/C16H21N3O3/c1-8(12-7-17-19(3)9(12)2)18-15(20)13-10-4-5-11(6-10)14(13)16(21)22/h4-5,7-8,10-11,13-14H,6H2,1-3H3,(H,18,20)(H,21,22)/t8-,10+,11+,13-,14+/m1/s1. The van der Waals surface area contributed by atoms with Gasteiger partial charge in [-0.2, -0.15) is 5.10 Å². The van der Waals surface area contributed by atoms with Crippen LogP contribution in [0.3, 0.4) is 0 Å². The number of aryl methyl sites for hydroxylation is 1. The minimum absolute atomic E-state index is 0.00585. The van der Waals surface area contributed by atoms with E-state index in [1.54, 1.807) is 10.9 Å². The largest absolute Gasteiger partial charge is 0.481 e. The van der Waals surface area contributed by atoms with Gasteiger partial charge in [-0.3, -0.25) is 14.3 Å². The smallest absolute Gasteiger partial charge is 0.307 e. The normalized spacial score (nSPS) is 30.5. The minimum Gasteiger partial charge on any atom is -0.481 e. The highest BCUT2D eigenvalue weighted by atomic mass is 16.4. The molecule has 1 amide bonds. The number of fused-ring (bicyclic) bond motifs is 2. The Labute approximate surface area is 129 Å². The monoisotopic (exact) mass is 303 g/mol. The third-order valence-corrected chi connectivity index (χ3v) is 5.15. The quantitative estimate of drug-likeness (QED) is 0.824. The van der Waals surface area contributed by atoms with Gasteiger partial charge in [-0.1, -0.05) is 12.2 Å². The summed E-state index contributed by atoms with van der Waals surface area (Å²) >= 11 is 0. The first kappa shape index (κ1) is 14.8. The molecule has 1 aromatic rings. The number of carbonyl (C=O) groups excluding carboxylic acids is 1. The highest BCUT2D eigenvalue weighted by molar-refractivity contribution is 5.87. The Balaban J connectivity index is 1.75. The van der Waals surface area contributed by atoms with Crippen molar-refractivity contribution in [3.8, 4) is 0 Å². The molecule has 6 nitrogen and oxygen atoms in total. The topological polar surface area (TPSA) is 84.2 Å². The van der Waals surface area contributed by atoms with Crippen LogP contribution in [0.25, 0.3) is 0 Å². The van der Waals surface area contributed by atoms with E-state index in [4.69, 9.17) is 0 Å².